The molecule has 0 aliphatic heterocycles. The lowest BCUT2D eigenvalue weighted by Crippen LogP contribution is -1.90. The van der Waals surface area contributed by atoms with Gasteiger partial charge in [0.15, 0.2) is 0 Å². The van der Waals surface area contributed by atoms with E-state index in [1.807, 2.05) is 0 Å². The monoisotopic (exact) mass is 265 g/mol. The van der Waals surface area contributed by atoms with E-state index in [4.69, 9.17) is 9.79 Å². The van der Waals surface area contributed by atoms with Crippen LogP contribution in [0.5, 0.6) is 0 Å². The van der Waals surface area contributed by atoms with Gasteiger partial charge in [-0.1, -0.05) is 22.0 Å². The fraction of sp³-hybridized carbons (Fsp3) is 0.286. The molecule has 1 heterocycles. The Morgan fingerprint density at radius 3 is 2.54 bits per heavy atom. The molecular formula is C7H9BrNO3P. The van der Waals surface area contributed by atoms with Crippen molar-refractivity contribution in [2.45, 2.75) is 11.5 Å². The molecule has 0 unspecified atom stereocenters. The van der Waals surface area contributed by atoms with Crippen LogP contribution in [0.3, 0.4) is 0 Å². The molecule has 0 saturated heterocycles. The minimum absolute atomic E-state index is 0.247. The van der Waals surface area contributed by atoms with Crippen molar-refractivity contribution in [3.8, 4) is 0 Å². The van der Waals surface area contributed by atoms with E-state index in [0.29, 0.717) is 10.9 Å². The molecule has 0 saturated carbocycles. The Balaban J connectivity index is 2.76. The van der Waals surface area contributed by atoms with Crippen molar-refractivity contribution in [3.63, 3.8) is 0 Å². The van der Waals surface area contributed by atoms with Crippen molar-refractivity contribution in [2.75, 3.05) is 0 Å². The van der Waals surface area contributed by atoms with Gasteiger partial charge < -0.3 is 9.79 Å². The number of hydrogen-bond donors (Lipinski definition) is 2. The summed E-state index contributed by atoms with van der Waals surface area (Å²) in [5.74, 6) is 0. The molecular weight excluding hydrogens is 257 g/mol. The van der Waals surface area contributed by atoms with Crippen molar-refractivity contribution in [3.05, 3.63) is 29.6 Å². The summed E-state index contributed by atoms with van der Waals surface area (Å²) in [5.41, 5.74) is 1.40. The van der Waals surface area contributed by atoms with Crippen molar-refractivity contribution < 1.29 is 14.4 Å². The van der Waals surface area contributed by atoms with Crippen LogP contribution in [0.1, 0.15) is 11.3 Å². The lowest BCUT2D eigenvalue weighted by Gasteiger charge is -2.03. The first-order chi connectivity index (χ1) is 6.01. The van der Waals surface area contributed by atoms with Crippen LogP contribution in [-0.2, 0) is 16.1 Å². The zero-order chi connectivity index (χ0) is 9.90. The highest BCUT2D eigenvalue weighted by Crippen LogP contribution is 2.38. The Labute approximate surface area is 84.3 Å². The number of halogens is 1. The van der Waals surface area contributed by atoms with E-state index in [9.17, 15) is 4.57 Å². The smallest absolute Gasteiger partial charge is 0.324 e. The molecule has 0 radical (unpaired) electrons. The molecule has 4 nitrogen and oxygen atoms in total. The highest BCUT2D eigenvalue weighted by molar-refractivity contribution is 9.08. The first-order valence-electron chi connectivity index (χ1n) is 3.55. The van der Waals surface area contributed by atoms with E-state index in [1.165, 1.54) is 6.20 Å². The van der Waals surface area contributed by atoms with Crippen LogP contribution in [0.2, 0.25) is 0 Å². The summed E-state index contributed by atoms with van der Waals surface area (Å²) in [6.45, 7) is 0. The quantitative estimate of drug-likeness (QED) is 0.644. The third-order valence-corrected chi connectivity index (χ3v) is 2.76. The first-order valence-corrected chi connectivity index (χ1v) is 6.47. The highest BCUT2D eigenvalue weighted by Gasteiger charge is 2.13. The van der Waals surface area contributed by atoms with Gasteiger partial charge in [-0.3, -0.25) is 9.55 Å². The number of aromatic nitrogens is 1. The largest absolute Gasteiger partial charge is 0.329 e. The van der Waals surface area contributed by atoms with Crippen LogP contribution >= 0.6 is 23.5 Å². The second-order valence-electron chi connectivity index (χ2n) is 2.61. The van der Waals surface area contributed by atoms with E-state index < -0.39 is 7.60 Å². The predicted molar refractivity (Wildman–Crippen MR) is 52.6 cm³/mol. The van der Waals surface area contributed by atoms with E-state index in [-0.39, 0.29) is 6.16 Å². The van der Waals surface area contributed by atoms with E-state index in [2.05, 4.69) is 20.9 Å². The van der Waals surface area contributed by atoms with Crippen molar-refractivity contribution in [1.29, 1.82) is 0 Å². The Hall–Kier alpha value is -0.220. The number of alkyl halides is 1. The zero-order valence-electron chi connectivity index (χ0n) is 6.72. The molecule has 2 N–H and O–H groups in total. The molecule has 72 valence electrons. The van der Waals surface area contributed by atoms with Gasteiger partial charge in [-0.25, -0.2) is 0 Å². The van der Waals surface area contributed by atoms with E-state index in [0.717, 1.165) is 5.69 Å². The van der Waals surface area contributed by atoms with Crippen molar-refractivity contribution in [2.24, 2.45) is 0 Å². The molecule has 0 bridgehead atoms. The van der Waals surface area contributed by atoms with Crippen molar-refractivity contribution >= 4 is 23.5 Å². The number of rotatable bonds is 3. The van der Waals surface area contributed by atoms with Gasteiger partial charge in [0.1, 0.15) is 0 Å². The van der Waals surface area contributed by atoms with Crippen LogP contribution in [-0.4, -0.2) is 14.8 Å². The van der Waals surface area contributed by atoms with E-state index >= 15 is 0 Å². The van der Waals surface area contributed by atoms with Gasteiger partial charge in [0, 0.05) is 11.5 Å². The molecule has 0 spiro atoms. The molecule has 13 heavy (non-hydrogen) atoms. The standard InChI is InChI=1S/C7H9BrNO3P/c8-3-7-2-1-6(4-9-7)5-13(10,11)12/h1-2,4H,3,5H2,(H2,10,11,12). The molecule has 0 aliphatic carbocycles. The molecule has 6 heteroatoms. The normalized spacial score (nSPS) is 11.6. The van der Waals surface area contributed by atoms with Crippen molar-refractivity contribution in [1.82, 2.24) is 4.98 Å². The summed E-state index contributed by atoms with van der Waals surface area (Å²) in [6, 6.07) is 3.41. The summed E-state index contributed by atoms with van der Waals surface area (Å²) in [7, 11) is -3.96. The number of hydrogen-bond acceptors (Lipinski definition) is 2. The predicted octanol–water partition coefficient (Wildman–Crippen LogP) is 1.65. The number of pyridine rings is 1. The average molecular weight is 266 g/mol. The Morgan fingerprint density at radius 1 is 1.46 bits per heavy atom. The summed E-state index contributed by atoms with van der Waals surface area (Å²) >= 11 is 3.23. The van der Waals surface area contributed by atoms with Gasteiger partial charge >= 0.3 is 7.60 Å². The van der Waals surface area contributed by atoms with Crippen LogP contribution in [0, 0.1) is 0 Å². The SMILES string of the molecule is O=P(O)(O)Cc1ccc(CBr)nc1. The first kappa shape index (κ1) is 10.9. The van der Waals surface area contributed by atoms with Gasteiger partial charge in [-0.2, -0.15) is 0 Å². The summed E-state index contributed by atoms with van der Waals surface area (Å²) in [6.07, 6.45) is 1.23. The molecule has 0 fully saturated rings. The minimum Gasteiger partial charge on any atom is -0.324 e. The Kier molecular flexibility index (Phi) is 3.62. The molecule has 0 amide bonds. The molecule has 1 aromatic heterocycles. The maximum absolute atomic E-state index is 10.6. The molecule has 1 aromatic rings. The molecule has 0 aromatic carbocycles. The average Bonchev–Trinajstić information content (AvgIpc) is 2.03. The topological polar surface area (TPSA) is 70.4 Å². The summed E-state index contributed by atoms with van der Waals surface area (Å²) in [5, 5.41) is 0.642. The Morgan fingerprint density at radius 2 is 2.15 bits per heavy atom. The maximum Gasteiger partial charge on any atom is 0.329 e. The maximum atomic E-state index is 10.6. The second-order valence-corrected chi connectivity index (χ2v) is 4.82. The highest BCUT2D eigenvalue weighted by atomic mass is 79.9. The zero-order valence-corrected chi connectivity index (χ0v) is 9.20. The van der Waals surface area contributed by atoms with Crippen LogP contribution in [0.25, 0.3) is 0 Å². The lowest BCUT2D eigenvalue weighted by molar-refractivity contribution is 0.371. The van der Waals surface area contributed by atoms with E-state index in [1.54, 1.807) is 12.1 Å². The second kappa shape index (κ2) is 4.33. The van der Waals surface area contributed by atoms with Gasteiger partial charge in [0.05, 0.1) is 11.9 Å². The minimum atomic E-state index is -3.96. The van der Waals surface area contributed by atoms with Gasteiger partial charge in [-0.15, -0.1) is 0 Å². The third kappa shape index (κ3) is 4.00. The van der Waals surface area contributed by atoms with Crippen LogP contribution < -0.4 is 0 Å². The molecule has 0 aliphatic rings. The summed E-state index contributed by atoms with van der Waals surface area (Å²) in [4.78, 5) is 21.3. The summed E-state index contributed by atoms with van der Waals surface area (Å²) < 4.78 is 10.6. The number of nitrogens with zero attached hydrogens (tertiary/aromatic N) is 1. The van der Waals surface area contributed by atoms with Gasteiger partial charge in [-0.05, 0) is 11.6 Å². The third-order valence-electron chi connectivity index (χ3n) is 1.41. The molecule has 1 rings (SSSR count). The van der Waals surface area contributed by atoms with Crippen LogP contribution in [0.4, 0.5) is 0 Å². The van der Waals surface area contributed by atoms with Crippen LogP contribution in [0.15, 0.2) is 18.3 Å². The lowest BCUT2D eigenvalue weighted by atomic mass is 10.3. The molecule has 0 atom stereocenters. The van der Waals surface area contributed by atoms with Gasteiger partial charge in [0.2, 0.25) is 0 Å². The fourth-order valence-electron chi connectivity index (χ4n) is 0.866. The Bertz CT molecular complexity index is 321. The fourth-order valence-corrected chi connectivity index (χ4v) is 1.86. The van der Waals surface area contributed by atoms with Gasteiger partial charge in [0.25, 0.3) is 0 Å².